The van der Waals surface area contributed by atoms with Crippen LogP contribution in [0.2, 0.25) is 0 Å². The molecule has 0 aliphatic rings. The van der Waals surface area contributed by atoms with E-state index in [1.807, 2.05) is 0 Å². The molecule has 0 rings (SSSR count). The molecule has 68 heavy (non-hydrogen) atoms. The molecule has 0 aromatic carbocycles. The lowest BCUT2D eigenvalue weighted by Gasteiger charge is -2.18. The van der Waals surface area contributed by atoms with Gasteiger partial charge in [-0.2, -0.15) is 0 Å². The lowest BCUT2D eigenvalue weighted by molar-refractivity contribution is -0.167. The molecule has 6 heteroatoms. The van der Waals surface area contributed by atoms with Crippen molar-refractivity contribution < 1.29 is 28.6 Å². The molecule has 0 aromatic heterocycles. The fourth-order valence-corrected chi connectivity index (χ4v) is 8.18. The smallest absolute Gasteiger partial charge is 0.306 e. The fourth-order valence-electron chi connectivity index (χ4n) is 8.18. The number of hydrogen-bond donors (Lipinski definition) is 0. The molecule has 1 unspecified atom stereocenters. The molecular formula is C62H108O6. The normalized spacial score (nSPS) is 12.6. The minimum Gasteiger partial charge on any atom is -0.462 e. The minimum atomic E-state index is -0.787. The molecule has 0 amide bonds. The SMILES string of the molecule is CC/C=C\C/C=C\C/C=C\CCCCCCCCC(=O)OCC(COC(=O)CCCCCCCCCCCCCCCCCCCC)OC(=O)CCCCCCCC/C=C\C/C=C\C/C=C\CC. The Kier molecular flexibility index (Phi) is 53.8. The summed E-state index contributed by atoms with van der Waals surface area (Å²) in [6.07, 6.45) is 71.8. The van der Waals surface area contributed by atoms with Crippen molar-refractivity contribution in [3.05, 3.63) is 72.9 Å². The van der Waals surface area contributed by atoms with E-state index in [9.17, 15) is 14.4 Å². The highest BCUT2D eigenvalue weighted by molar-refractivity contribution is 5.71. The molecule has 1 atom stereocenters. The summed E-state index contributed by atoms with van der Waals surface area (Å²) in [6, 6.07) is 0. The summed E-state index contributed by atoms with van der Waals surface area (Å²) in [7, 11) is 0. The van der Waals surface area contributed by atoms with Crippen LogP contribution in [-0.4, -0.2) is 37.2 Å². The molecule has 0 aromatic rings. The Labute approximate surface area is 421 Å². The zero-order valence-corrected chi connectivity index (χ0v) is 44.9. The van der Waals surface area contributed by atoms with Gasteiger partial charge in [0.1, 0.15) is 13.2 Å². The monoisotopic (exact) mass is 949 g/mol. The summed E-state index contributed by atoms with van der Waals surface area (Å²) in [5.41, 5.74) is 0. The second-order valence-corrected chi connectivity index (χ2v) is 19.1. The summed E-state index contributed by atoms with van der Waals surface area (Å²) in [5.74, 6) is -0.899. The number of unbranched alkanes of at least 4 members (excludes halogenated alkanes) is 29. The molecule has 0 bridgehead atoms. The van der Waals surface area contributed by atoms with Crippen molar-refractivity contribution in [2.45, 2.75) is 290 Å². The van der Waals surface area contributed by atoms with Gasteiger partial charge in [-0.15, -0.1) is 0 Å². The van der Waals surface area contributed by atoms with Gasteiger partial charge in [-0.25, -0.2) is 0 Å². The average molecular weight is 950 g/mol. The van der Waals surface area contributed by atoms with Crippen LogP contribution in [0.1, 0.15) is 284 Å². The zero-order valence-electron chi connectivity index (χ0n) is 44.9. The summed E-state index contributed by atoms with van der Waals surface area (Å²) < 4.78 is 16.9. The van der Waals surface area contributed by atoms with Crippen molar-refractivity contribution in [3.63, 3.8) is 0 Å². The Morgan fingerprint density at radius 1 is 0.309 bits per heavy atom. The van der Waals surface area contributed by atoms with Crippen molar-refractivity contribution in [2.24, 2.45) is 0 Å². The first kappa shape index (κ1) is 64.8. The van der Waals surface area contributed by atoms with Crippen LogP contribution in [0, 0.1) is 0 Å². The second kappa shape index (κ2) is 56.4. The van der Waals surface area contributed by atoms with Gasteiger partial charge in [0.25, 0.3) is 0 Å². The van der Waals surface area contributed by atoms with Crippen LogP contribution in [0.15, 0.2) is 72.9 Å². The maximum absolute atomic E-state index is 12.9. The van der Waals surface area contributed by atoms with Gasteiger partial charge in [0.05, 0.1) is 0 Å². The molecule has 0 saturated heterocycles. The lowest BCUT2D eigenvalue weighted by Crippen LogP contribution is -2.30. The second-order valence-electron chi connectivity index (χ2n) is 19.1. The van der Waals surface area contributed by atoms with Crippen LogP contribution in [0.5, 0.6) is 0 Å². The molecule has 0 spiro atoms. The first-order valence-electron chi connectivity index (χ1n) is 28.9. The summed E-state index contributed by atoms with van der Waals surface area (Å²) in [5, 5.41) is 0. The maximum Gasteiger partial charge on any atom is 0.306 e. The number of carbonyl (C=O) groups excluding carboxylic acids is 3. The number of carbonyl (C=O) groups is 3. The molecule has 0 radical (unpaired) electrons. The van der Waals surface area contributed by atoms with Gasteiger partial charge in [0.15, 0.2) is 6.10 Å². The maximum atomic E-state index is 12.9. The average Bonchev–Trinajstić information content (AvgIpc) is 3.34. The highest BCUT2D eigenvalue weighted by atomic mass is 16.6. The third-order valence-electron chi connectivity index (χ3n) is 12.5. The van der Waals surface area contributed by atoms with Crippen LogP contribution < -0.4 is 0 Å². The van der Waals surface area contributed by atoms with E-state index in [-0.39, 0.29) is 31.1 Å². The summed E-state index contributed by atoms with van der Waals surface area (Å²) in [6.45, 7) is 6.43. The third kappa shape index (κ3) is 53.8. The Hall–Kier alpha value is -3.15. The molecular weight excluding hydrogens is 841 g/mol. The van der Waals surface area contributed by atoms with Crippen molar-refractivity contribution in [3.8, 4) is 0 Å². The van der Waals surface area contributed by atoms with Crippen LogP contribution in [0.25, 0.3) is 0 Å². The van der Waals surface area contributed by atoms with Crippen molar-refractivity contribution in [2.75, 3.05) is 13.2 Å². The van der Waals surface area contributed by atoms with E-state index in [4.69, 9.17) is 14.2 Å². The minimum absolute atomic E-state index is 0.0829. The van der Waals surface area contributed by atoms with E-state index in [1.165, 1.54) is 128 Å². The predicted octanol–water partition coefficient (Wildman–Crippen LogP) is 19.4. The number of hydrogen-bond acceptors (Lipinski definition) is 6. The molecule has 0 N–H and O–H groups in total. The van der Waals surface area contributed by atoms with E-state index < -0.39 is 6.10 Å². The Morgan fingerprint density at radius 2 is 0.574 bits per heavy atom. The Bertz CT molecular complexity index is 1270. The third-order valence-corrected chi connectivity index (χ3v) is 12.5. The van der Waals surface area contributed by atoms with E-state index in [0.29, 0.717) is 19.3 Å². The number of rotatable bonds is 52. The molecule has 0 saturated carbocycles. The Morgan fingerprint density at radius 3 is 0.897 bits per heavy atom. The number of ether oxygens (including phenoxy) is 3. The van der Waals surface area contributed by atoms with E-state index in [2.05, 4.69) is 93.7 Å². The predicted molar refractivity (Wildman–Crippen MR) is 293 cm³/mol. The van der Waals surface area contributed by atoms with Crippen LogP contribution >= 0.6 is 0 Å². The summed E-state index contributed by atoms with van der Waals surface area (Å²) in [4.78, 5) is 38.2. The quantitative estimate of drug-likeness (QED) is 0.0262. The van der Waals surface area contributed by atoms with Crippen LogP contribution in [0.4, 0.5) is 0 Å². The molecule has 0 heterocycles. The van der Waals surface area contributed by atoms with Crippen molar-refractivity contribution in [1.82, 2.24) is 0 Å². The van der Waals surface area contributed by atoms with Crippen LogP contribution in [-0.2, 0) is 28.6 Å². The van der Waals surface area contributed by atoms with Gasteiger partial charge in [-0.1, -0.05) is 254 Å². The highest BCUT2D eigenvalue weighted by Gasteiger charge is 2.19. The number of esters is 3. The first-order chi connectivity index (χ1) is 33.5. The first-order valence-corrected chi connectivity index (χ1v) is 28.9. The topological polar surface area (TPSA) is 78.9 Å². The molecule has 0 aliphatic carbocycles. The fraction of sp³-hybridized carbons (Fsp3) is 0.758. The van der Waals surface area contributed by atoms with Gasteiger partial charge < -0.3 is 14.2 Å². The van der Waals surface area contributed by atoms with Gasteiger partial charge in [-0.3, -0.25) is 14.4 Å². The molecule has 6 nitrogen and oxygen atoms in total. The van der Waals surface area contributed by atoms with Gasteiger partial charge in [-0.05, 0) is 83.5 Å². The molecule has 0 aliphatic heterocycles. The van der Waals surface area contributed by atoms with Gasteiger partial charge in [0, 0.05) is 19.3 Å². The zero-order chi connectivity index (χ0) is 49.3. The van der Waals surface area contributed by atoms with E-state index in [1.54, 1.807) is 0 Å². The van der Waals surface area contributed by atoms with Crippen LogP contribution in [0.3, 0.4) is 0 Å². The largest absolute Gasteiger partial charge is 0.462 e. The van der Waals surface area contributed by atoms with Gasteiger partial charge >= 0.3 is 17.9 Å². The number of allylic oxidation sites excluding steroid dienone is 12. The lowest BCUT2D eigenvalue weighted by atomic mass is 10.0. The highest BCUT2D eigenvalue weighted by Crippen LogP contribution is 2.16. The van der Waals surface area contributed by atoms with Crippen molar-refractivity contribution >= 4 is 17.9 Å². The van der Waals surface area contributed by atoms with Crippen molar-refractivity contribution in [1.29, 1.82) is 0 Å². The standard InChI is InChI=1S/C62H108O6/c1-4-7-10-13-16-19-22-25-28-31-32-35-37-40-43-46-49-52-55-61(64)67-58-59(68-62(65)56-53-50-47-44-41-38-34-30-27-24-21-18-15-12-9-6-3)57-66-60(63)54-51-48-45-42-39-36-33-29-26-23-20-17-14-11-8-5-2/h8-9,11-12,17-18,20-21,26-27,29-30,59H,4-7,10,13-16,19,22-25,28,31-58H2,1-3H3/b11-8-,12-9-,20-17-,21-18-,29-26-,30-27-. The van der Waals surface area contributed by atoms with Gasteiger partial charge in [0.2, 0.25) is 0 Å². The summed E-state index contributed by atoms with van der Waals surface area (Å²) >= 11 is 0. The van der Waals surface area contributed by atoms with E-state index >= 15 is 0 Å². The molecule has 0 fully saturated rings. The Balaban J connectivity index is 4.39. The van der Waals surface area contributed by atoms with E-state index in [0.717, 1.165) is 116 Å². The molecule has 392 valence electrons.